The number of carbonyl (C=O) groups excluding carboxylic acids is 1. The average molecular weight is 616 g/mol. The molecule has 0 saturated carbocycles. The van der Waals surface area contributed by atoms with E-state index >= 15 is 0 Å². The van der Waals surface area contributed by atoms with E-state index in [1.165, 1.54) is 18.4 Å². The number of nitrogens with zero attached hydrogens (tertiary/aromatic N) is 4. The molecule has 0 unspecified atom stereocenters. The summed E-state index contributed by atoms with van der Waals surface area (Å²) in [6.45, 7) is 6.60. The standard InChI is InChI=1S/C32H43F2N5O3S/c1-32(2,3)29(39(18-13-26(35)20-33)31(40)37-16-14-27(15-17-37)43(4,41)42)30-36-28(24-11-8-12-25(34)19-24)22-38(30)21-23-9-6-5-7-10-23/h5-12,19,22,26-27,29H,13-18,20-21,35H2,1-4H3/t26-,29-/m0/s1. The Kier molecular flexibility index (Phi) is 10.3. The van der Waals surface area contributed by atoms with Gasteiger partial charge in [0.1, 0.15) is 28.2 Å². The first kappa shape index (κ1) is 32.6. The van der Waals surface area contributed by atoms with Crippen molar-refractivity contribution in [2.75, 3.05) is 32.6 Å². The number of sulfone groups is 1. The molecule has 2 atom stereocenters. The maximum absolute atomic E-state index is 14.3. The van der Waals surface area contributed by atoms with Crippen LogP contribution in [0.2, 0.25) is 0 Å². The molecule has 4 rings (SSSR count). The van der Waals surface area contributed by atoms with Crippen molar-refractivity contribution in [1.29, 1.82) is 0 Å². The zero-order valence-corrected chi connectivity index (χ0v) is 26.2. The normalized spacial score (nSPS) is 16.2. The first-order chi connectivity index (χ1) is 20.3. The number of aromatic nitrogens is 2. The number of hydrogen-bond donors (Lipinski definition) is 1. The van der Waals surface area contributed by atoms with Gasteiger partial charge in [-0.1, -0.05) is 63.2 Å². The first-order valence-electron chi connectivity index (χ1n) is 14.7. The predicted octanol–water partition coefficient (Wildman–Crippen LogP) is 5.44. The highest BCUT2D eigenvalue weighted by atomic mass is 32.2. The van der Waals surface area contributed by atoms with Crippen LogP contribution in [0.5, 0.6) is 0 Å². The number of amides is 2. The van der Waals surface area contributed by atoms with Crippen LogP contribution in [0.25, 0.3) is 11.3 Å². The van der Waals surface area contributed by atoms with Gasteiger partial charge in [0.15, 0.2) is 0 Å². The highest BCUT2D eigenvalue weighted by Gasteiger charge is 2.41. The van der Waals surface area contributed by atoms with Gasteiger partial charge in [-0.25, -0.2) is 27.0 Å². The van der Waals surface area contributed by atoms with E-state index in [0.29, 0.717) is 49.6 Å². The molecule has 1 aliphatic rings. The zero-order valence-electron chi connectivity index (χ0n) is 25.4. The maximum Gasteiger partial charge on any atom is 0.320 e. The van der Waals surface area contributed by atoms with Gasteiger partial charge >= 0.3 is 6.03 Å². The second kappa shape index (κ2) is 13.5. The molecule has 3 aromatic rings. The third-order valence-electron chi connectivity index (χ3n) is 8.00. The van der Waals surface area contributed by atoms with E-state index < -0.39 is 39.3 Å². The van der Waals surface area contributed by atoms with Crippen molar-refractivity contribution >= 4 is 15.9 Å². The number of nitrogens with two attached hydrogens (primary N) is 1. The van der Waals surface area contributed by atoms with E-state index in [4.69, 9.17) is 10.7 Å². The summed E-state index contributed by atoms with van der Waals surface area (Å²) in [6, 6.07) is 14.5. The number of urea groups is 1. The Balaban J connectivity index is 1.79. The van der Waals surface area contributed by atoms with Crippen LogP contribution in [0.4, 0.5) is 13.6 Å². The van der Waals surface area contributed by atoms with Crippen LogP contribution in [0.3, 0.4) is 0 Å². The number of piperidine rings is 1. The summed E-state index contributed by atoms with van der Waals surface area (Å²) in [5.74, 6) is 0.238. The van der Waals surface area contributed by atoms with Gasteiger partial charge in [-0.15, -0.1) is 0 Å². The summed E-state index contributed by atoms with van der Waals surface area (Å²) >= 11 is 0. The molecule has 2 aromatic carbocycles. The van der Waals surface area contributed by atoms with Crippen molar-refractivity contribution in [3.63, 3.8) is 0 Å². The summed E-state index contributed by atoms with van der Waals surface area (Å²) in [4.78, 5) is 22.7. The molecule has 2 amide bonds. The Morgan fingerprint density at radius 3 is 2.37 bits per heavy atom. The van der Waals surface area contributed by atoms with Crippen LogP contribution in [0, 0.1) is 11.2 Å². The minimum Gasteiger partial charge on any atom is -0.328 e. The molecule has 1 saturated heterocycles. The van der Waals surface area contributed by atoms with Gasteiger partial charge < -0.3 is 20.1 Å². The number of benzene rings is 2. The Labute approximate surface area is 253 Å². The number of alkyl halides is 1. The monoisotopic (exact) mass is 615 g/mol. The molecule has 0 spiro atoms. The summed E-state index contributed by atoms with van der Waals surface area (Å²) in [6.07, 6.45) is 4.07. The zero-order chi connectivity index (χ0) is 31.4. The number of likely N-dealkylation sites (tertiary alicyclic amines) is 1. The summed E-state index contributed by atoms with van der Waals surface area (Å²) in [5, 5.41) is -0.484. The fraction of sp³-hybridized carbons (Fsp3) is 0.500. The van der Waals surface area contributed by atoms with E-state index in [2.05, 4.69) is 0 Å². The lowest BCUT2D eigenvalue weighted by Gasteiger charge is -2.43. The molecule has 0 bridgehead atoms. The van der Waals surface area contributed by atoms with E-state index in [1.807, 2.05) is 61.9 Å². The summed E-state index contributed by atoms with van der Waals surface area (Å²) in [5.41, 5.74) is 7.67. The summed E-state index contributed by atoms with van der Waals surface area (Å²) < 4.78 is 54.0. The molecule has 0 radical (unpaired) electrons. The van der Waals surface area contributed by atoms with Crippen molar-refractivity contribution in [2.45, 2.75) is 63.9 Å². The van der Waals surface area contributed by atoms with Crippen LogP contribution in [-0.2, 0) is 16.4 Å². The third-order valence-corrected chi connectivity index (χ3v) is 9.69. The average Bonchev–Trinajstić information content (AvgIpc) is 3.36. The second-order valence-corrected chi connectivity index (χ2v) is 14.9. The van der Waals surface area contributed by atoms with Crippen molar-refractivity contribution in [2.24, 2.45) is 11.1 Å². The maximum atomic E-state index is 14.3. The van der Waals surface area contributed by atoms with E-state index in [0.717, 1.165) is 5.56 Å². The highest BCUT2D eigenvalue weighted by molar-refractivity contribution is 7.91. The number of hydrogen-bond acceptors (Lipinski definition) is 5. The van der Waals surface area contributed by atoms with Gasteiger partial charge in [0.25, 0.3) is 0 Å². The topological polar surface area (TPSA) is 102 Å². The predicted molar refractivity (Wildman–Crippen MR) is 165 cm³/mol. The number of imidazole rings is 1. The number of carbonyl (C=O) groups is 1. The molecule has 1 aromatic heterocycles. The molecule has 43 heavy (non-hydrogen) atoms. The van der Waals surface area contributed by atoms with Crippen LogP contribution < -0.4 is 5.73 Å². The first-order valence-corrected chi connectivity index (χ1v) is 16.7. The molecule has 1 aliphatic heterocycles. The van der Waals surface area contributed by atoms with Crippen LogP contribution in [0.1, 0.15) is 57.5 Å². The van der Waals surface area contributed by atoms with Gasteiger partial charge in [0, 0.05) is 50.2 Å². The fourth-order valence-corrected chi connectivity index (χ4v) is 6.78. The fourth-order valence-electron chi connectivity index (χ4n) is 5.71. The lowest BCUT2D eigenvalue weighted by atomic mass is 9.84. The molecular formula is C32H43F2N5O3S. The van der Waals surface area contributed by atoms with E-state index in [9.17, 15) is 22.0 Å². The van der Waals surface area contributed by atoms with Crippen molar-refractivity contribution in [1.82, 2.24) is 19.4 Å². The largest absolute Gasteiger partial charge is 0.328 e. The lowest BCUT2D eigenvalue weighted by molar-refractivity contribution is 0.0770. The van der Waals surface area contributed by atoms with Gasteiger partial charge in [-0.05, 0) is 42.4 Å². The third kappa shape index (κ3) is 8.20. The summed E-state index contributed by atoms with van der Waals surface area (Å²) in [7, 11) is -3.21. The number of halogens is 2. The Morgan fingerprint density at radius 2 is 1.79 bits per heavy atom. The van der Waals surface area contributed by atoms with Crippen molar-refractivity contribution in [3.8, 4) is 11.3 Å². The van der Waals surface area contributed by atoms with Crippen LogP contribution >= 0.6 is 0 Å². The SMILES string of the molecule is CC(C)(C)[C@H](c1nc(-c2cccc(F)c2)cn1Cc1ccccc1)N(CC[C@H](N)CF)C(=O)N1CCC(S(C)(=O)=O)CC1. The van der Waals surface area contributed by atoms with Crippen LogP contribution in [0.15, 0.2) is 60.8 Å². The van der Waals surface area contributed by atoms with Gasteiger partial charge in [0.2, 0.25) is 0 Å². The minimum atomic E-state index is -3.21. The Hall–Kier alpha value is -3.31. The smallest absolute Gasteiger partial charge is 0.320 e. The molecule has 1 fully saturated rings. The second-order valence-electron chi connectivity index (χ2n) is 12.6. The number of rotatable bonds is 10. The Bertz CT molecular complexity index is 1480. The molecule has 11 heteroatoms. The van der Waals surface area contributed by atoms with Gasteiger partial charge in [-0.3, -0.25) is 0 Å². The van der Waals surface area contributed by atoms with Gasteiger partial charge in [-0.2, -0.15) is 0 Å². The van der Waals surface area contributed by atoms with E-state index in [1.54, 1.807) is 21.9 Å². The van der Waals surface area contributed by atoms with Crippen molar-refractivity contribution in [3.05, 3.63) is 78.0 Å². The lowest BCUT2D eigenvalue weighted by Crippen LogP contribution is -2.52. The van der Waals surface area contributed by atoms with E-state index in [-0.39, 0.29) is 24.8 Å². The van der Waals surface area contributed by atoms with Crippen molar-refractivity contribution < 1.29 is 22.0 Å². The molecule has 8 nitrogen and oxygen atoms in total. The molecule has 234 valence electrons. The quantitative estimate of drug-likeness (QED) is 0.327. The molecule has 2 heterocycles. The molecule has 2 N–H and O–H groups in total. The molecular weight excluding hydrogens is 572 g/mol. The minimum absolute atomic E-state index is 0.186. The van der Waals surface area contributed by atoms with Crippen LogP contribution in [-0.4, -0.2) is 77.7 Å². The Morgan fingerprint density at radius 1 is 1.12 bits per heavy atom. The molecule has 0 aliphatic carbocycles. The van der Waals surface area contributed by atoms with Gasteiger partial charge in [0.05, 0.1) is 17.0 Å². The highest BCUT2D eigenvalue weighted by Crippen LogP contribution is 2.40.